The smallest absolute Gasteiger partial charge is 0.333 e. The highest BCUT2D eigenvalue weighted by Gasteiger charge is 2.23. The largest absolute Gasteiger partial charge is 0.388 e. The molecule has 1 amide bonds. The van der Waals surface area contributed by atoms with E-state index in [1.807, 2.05) is 0 Å². The van der Waals surface area contributed by atoms with Crippen LogP contribution < -0.4 is 5.32 Å². The van der Waals surface area contributed by atoms with Gasteiger partial charge in [0.05, 0.1) is 17.7 Å². The van der Waals surface area contributed by atoms with E-state index in [0.29, 0.717) is 34.0 Å². The lowest BCUT2D eigenvalue weighted by Gasteiger charge is -2.24. The lowest BCUT2D eigenvalue weighted by molar-refractivity contribution is -0.121. The van der Waals surface area contributed by atoms with Crippen LogP contribution in [0.5, 0.6) is 0 Å². The van der Waals surface area contributed by atoms with Crippen molar-refractivity contribution in [2.45, 2.75) is 66.0 Å². The van der Waals surface area contributed by atoms with Gasteiger partial charge in [-0.3, -0.25) is 4.79 Å². The number of hydrogen-bond donors (Lipinski definition) is 2. The number of rotatable bonds is 8. The fourth-order valence-corrected chi connectivity index (χ4v) is 2.34. The molecule has 7 heteroatoms. The molecule has 5 nitrogen and oxygen atoms in total. The van der Waals surface area contributed by atoms with Crippen LogP contribution in [-0.2, 0) is 11.2 Å². The van der Waals surface area contributed by atoms with Gasteiger partial charge in [0.2, 0.25) is 5.91 Å². The molecule has 1 unspecified atom stereocenters. The Morgan fingerprint density at radius 1 is 1.39 bits per heavy atom. The number of halogens is 2. The Kier molecular flexibility index (Phi) is 6.68. The molecule has 0 aliphatic carbocycles. The molecule has 0 spiro atoms. The second-order valence-corrected chi connectivity index (χ2v) is 6.75. The Hall–Kier alpha value is -1.50. The van der Waals surface area contributed by atoms with Crippen LogP contribution in [0.2, 0.25) is 0 Å². The minimum Gasteiger partial charge on any atom is -0.388 e. The van der Waals surface area contributed by atoms with Crippen molar-refractivity contribution in [3.63, 3.8) is 0 Å². The summed E-state index contributed by atoms with van der Waals surface area (Å²) in [5, 5.41) is 16.7. The molecule has 1 atom stereocenters. The number of nitrogens with zero attached hydrogens (tertiary/aromatic N) is 2. The number of amides is 1. The summed E-state index contributed by atoms with van der Waals surface area (Å²) in [5.41, 5.74) is 0.241. The van der Waals surface area contributed by atoms with Crippen molar-refractivity contribution in [3.05, 3.63) is 17.0 Å². The maximum Gasteiger partial charge on any atom is 0.333 e. The molecular weight excluding hydrogens is 304 g/mol. The second kappa shape index (κ2) is 7.86. The fraction of sp³-hybridized carbons (Fsp3) is 0.750. The van der Waals surface area contributed by atoms with Gasteiger partial charge < -0.3 is 10.4 Å². The van der Waals surface area contributed by atoms with Crippen molar-refractivity contribution in [3.8, 4) is 0 Å². The average molecular weight is 331 g/mol. The third kappa shape index (κ3) is 5.89. The third-order valence-corrected chi connectivity index (χ3v) is 3.92. The second-order valence-electron chi connectivity index (χ2n) is 6.75. The maximum atomic E-state index is 12.8. The van der Waals surface area contributed by atoms with Crippen LogP contribution in [0.25, 0.3) is 0 Å². The molecule has 0 bridgehead atoms. The van der Waals surface area contributed by atoms with Gasteiger partial charge in [0.15, 0.2) is 0 Å². The fourth-order valence-electron chi connectivity index (χ4n) is 2.34. The zero-order valence-electron chi connectivity index (χ0n) is 14.5. The Balaban J connectivity index is 2.61. The molecule has 0 aromatic carbocycles. The van der Waals surface area contributed by atoms with Crippen molar-refractivity contribution in [1.29, 1.82) is 0 Å². The van der Waals surface area contributed by atoms with Crippen LogP contribution in [-0.4, -0.2) is 32.9 Å². The van der Waals surface area contributed by atoms with Gasteiger partial charge in [-0.2, -0.15) is 13.9 Å². The molecule has 0 aliphatic rings. The van der Waals surface area contributed by atoms with E-state index in [4.69, 9.17) is 0 Å². The summed E-state index contributed by atoms with van der Waals surface area (Å²) in [7, 11) is 0. The molecule has 1 heterocycles. The summed E-state index contributed by atoms with van der Waals surface area (Å²) < 4.78 is 26.2. The van der Waals surface area contributed by atoms with Gasteiger partial charge in [0.25, 0.3) is 0 Å². The van der Waals surface area contributed by atoms with E-state index < -0.39 is 12.2 Å². The average Bonchev–Trinajstić information content (AvgIpc) is 2.71. The standard InChI is InChI=1S/C16H27F2N3O2/c1-10(2)6-7-16(5,23)9-19-14(22)8-13-11(3)20-21(12(13)4)15(17)18/h10,15,23H,6-9H2,1-5H3,(H,19,22). The predicted octanol–water partition coefficient (Wildman–Crippen LogP) is 2.74. The van der Waals surface area contributed by atoms with Gasteiger partial charge in [-0.25, -0.2) is 4.68 Å². The first kappa shape index (κ1) is 19.5. The molecule has 1 aromatic rings. The van der Waals surface area contributed by atoms with Crippen LogP contribution >= 0.6 is 0 Å². The van der Waals surface area contributed by atoms with Crippen LogP contribution in [0.4, 0.5) is 8.78 Å². The first-order chi connectivity index (χ1) is 10.5. The zero-order valence-corrected chi connectivity index (χ0v) is 14.5. The third-order valence-electron chi connectivity index (χ3n) is 3.92. The van der Waals surface area contributed by atoms with Crippen molar-refractivity contribution in [2.75, 3.05) is 6.54 Å². The molecule has 132 valence electrons. The Labute approximate surface area is 136 Å². The minimum atomic E-state index is -2.72. The van der Waals surface area contributed by atoms with Crippen molar-refractivity contribution in [2.24, 2.45) is 5.92 Å². The molecule has 0 radical (unpaired) electrons. The normalized spacial score (nSPS) is 14.3. The Morgan fingerprint density at radius 3 is 2.48 bits per heavy atom. The highest BCUT2D eigenvalue weighted by atomic mass is 19.3. The summed E-state index contributed by atoms with van der Waals surface area (Å²) >= 11 is 0. The molecular formula is C16H27F2N3O2. The molecule has 0 saturated carbocycles. The lowest BCUT2D eigenvalue weighted by Crippen LogP contribution is -2.41. The summed E-state index contributed by atoms with van der Waals surface area (Å²) in [6, 6.07) is 0. The lowest BCUT2D eigenvalue weighted by atomic mass is 9.95. The van der Waals surface area contributed by atoms with Gasteiger partial charge in [-0.1, -0.05) is 13.8 Å². The zero-order chi connectivity index (χ0) is 17.8. The van der Waals surface area contributed by atoms with E-state index in [9.17, 15) is 18.7 Å². The SMILES string of the molecule is Cc1nn(C(F)F)c(C)c1CC(=O)NCC(C)(O)CCC(C)C. The van der Waals surface area contributed by atoms with Gasteiger partial charge in [-0.15, -0.1) is 0 Å². The molecule has 23 heavy (non-hydrogen) atoms. The highest BCUT2D eigenvalue weighted by Crippen LogP contribution is 2.20. The molecule has 1 aromatic heterocycles. The van der Waals surface area contributed by atoms with E-state index >= 15 is 0 Å². The quantitative estimate of drug-likeness (QED) is 0.770. The number of aromatic nitrogens is 2. The first-order valence-corrected chi connectivity index (χ1v) is 7.85. The van der Waals surface area contributed by atoms with Gasteiger partial charge in [-0.05, 0) is 39.5 Å². The molecule has 1 rings (SSSR count). The van der Waals surface area contributed by atoms with Crippen LogP contribution in [0.3, 0.4) is 0 Å². The van der Waals surface area contributed by atoms with Crippen molar-refractivity contribution < 1.29 is 18.7 Å². The number of hydrogen-bond acceptors (Lipinski definition) is 3. The van der Waals surface area contributed by atoms with Crippen LogP contribution in [0.1, 0.15) is 57.1 Å². The topological polar surface area (TPSA) is 67.2 Å². The Morgan fingerprint density at radius 2 is 2.00 bits per heavy atom. The van der Waals surface area contributed by atoms with Gasteiger partial charge >= 0.3 is 6.55 Å². The summed E-state index contributed by atoms with van der Waals surface area (Å²) in [5.74, 6) is 0.164. The molecule has 2 N–H and O–H groups in total. The minimum absolute atomic E-state index is 0.0232. The van der Waals surface area contributed by atoms with E-state index in [2.05, 4.69) is 24.3 Å². The van der Waals surface area contributed by atoms with Crippen molar-refractivity contribution >= 4 is 5.91 Å². The molecule has 0 saturated heterocycles. The summed E-state index contributed by atoms with van der Waals surface area (Å²) in [6.07, 6.45) is 1.43. The van der Waals surface area contributed by atoms with E-state index in [0.717, 1.165) is 6.42 Å². The number of alkyl halides is 2. The summed E-state index contributed by atoms with van der Waals surface area (Å²) in [4.78, 5) is 12.0. The maximum absolute atomic E-state index is 12.8. The number of aryl methyl sites for hydroxylation is 1. The van der Waals surface area contributed by atoms with Crippen molar-refractivity contribution in [1.82, 2.24) is 15.1 Å². The summed E-state index contributed by atoms with van der Waals surface area (Å²) in [6.45, 7) is 6.37. The monoisotopic (exact) mass is 331 g/mol. The van der Waals surface area contributed by atoms with Gasteiger partial charge in [0, 0.05) is 17.8 Å². The van der Waals surface area contributed by atoms with E-state index in [1.54, 1.807) is 13.8 Å². The number of nitrogens with one attached hydrogen (secondary N) is 1. The number of carbonyl (C=O) groups is 1. The van der Waals surface area contributed by atoms with E-state index in [1.165, 1.54) is 6.92 Å². The van der Waals surface area contributed by atoms with Crippen LogP contribution in [0.15, 0.2) is 0 Å². The predicted molar refractivity (Wildman–Crippen MR) is 84.4 cm³/mol. The number of carbonyl (C=O) groups excluding carboxylic acids is 1. The molecule has 0 fully saturated rings. The highest BCUT2D eigenvalue weighted by molar-refractivity contribution is 5.79. The van der Waals surface area contributed by atoms with Crippen LogP contribution in [0, 0.1) is 19.8 Å². The first-order valence-electron chi connectivity index (χ1n) is 7.85. The molecule has 0 aliphatic heterocycles. The van der Waals surface area contributed by atoms with E-state index in [-0.39, 0.29) is 18.9 Å². The number of aliphatic hydroxyl groups is 1. The Bertz CT molecular complexity index is 540. The van der Waals surface area contributed by atoms with Gasteiger partial charge in [0.1, 0.15) is 0 Å².